The zero-order chi connectivity index (χ0) is 13.0. The van der Waals surface area contributed by atoms with Gasteiger partial charge in [-0.1, -0.05) is 0 Å². The molecule has 1 aliphatic rings. The normalized spacial score (nSPS) is 25.8. The molecule has 1 fully saturated rings. The number of rotatable bonds is 5. The van der Waals surface area contributed by atoms with Crippen LogP contribution in [0.15, 0.2) is 11.6 Å². The van der Waals surface area contributed by atoms with Crippen molar-refractivity contribution in [2.45, 2.75) is 44.6 Å². The summed E-state index contributed by atoms with van der Waals surface area (Å²) < 4.78 is 0. The third-order valence-corrected chi connectivity index (χ3v) is 4.64. The van der Waals surface area contributed by atoms with E-state index in [1.807, 2.05) is 5.38 Å². The summed E-state index contributed by atoms with van der Waals surface area (Å²) in [5.74, 6) is -0.626. The molecule has 0 amide bonds. The minimum Gasteiger partial charge on any atom is -0.481 e. The molecule has 0 radical (unpaired) electrons. The van der Waals surface area contributed by atoms with E-state index in [0.29, 0.717) is 12.8 Å². The molecule has 1 aromatic heterocycles. The van der Waals surface area contributed by atoms with Crippen LogP contribution in [0.2, 0.25) is 0 Å². The summed E-state index contributed by atoms with van der Waals surface area (Å²) in [6, 6.07) is 0. The molecular weight excluding hydrogens is 250 g/mol. The van der Waals surface area contributed by atoms with Gasteiger partial charge in [-0.15, -0.1) is 11.3 Å². The number of aliphatic hydroxyl groups is 1. The number of aromatic nitrogens is 1. The number of hydrogen-bond donors (Lipinski definition) is 2. The van der Waals surface area contributed by atoms with E-state index in [1.165, 1.54) is 0 Å². The fourth-order valence-corrected chi connectivity index (χ4v) is 3.27. The van der Waals surface area contributed by atoms with E-state index in [0.717, 1.165) is 30.7 Å². The summed E-state index contributed by atoms with van der Waals surface area (Å²) in [4.78, 5) is 15.0. The van der Waals surface area contributed by atoms with Gasteiger partial charge in [0.25, 0.3) is 0 Å². The second-order valence-electron chi connectivity index (χ2n) is 4.98. The molecule has 0 bridgehead atoms. The summed E-state index contributed by atoms with van der Waals surface area (Å²) >= 11 is 1.62. The van der Waals surface area contributed by atoms with Crippen LogP contribution < -0.4 is 0 Å². The van der Waals surface area contributed by atoms with Crippen molar-refractivity contribution in [2.75, 3.05) is 0 Å². The van der Waals surface area contributed by atoms with Gasteiger partial charge in [0.2, 0.25) is 0 Å². The van der Waals surface area contributed by atoms with Gasteiger partial charge in [-0.25, -0.2) is 4.98 Å². The van der Waals surface area contributed by atoms with Crippen LogP contribution in [0.4, 0.5) is 0 Å². The predicted octanol–water partition coefficient (Wildman–Crippen LogP) is 2.33. The van der Waals surface area contributed by atoms with Gasteiger partial charge in [0.15, 0.2) is 0 Å². The molecule has 1 unspecified atom stereocenters. The molecular formula is C13H19NO3S. The molecule has 1 aromatic rings. The van der Waals surface area contributed by atoms with Gasteiger partial charge < -0.3 is 10.2 Å². The third-order valence-electron chi connectivity index (χ3n) is 3.80. The van der Waals surface area contributed by atoms with E-state index >= 15 is 0 Å². The van der Waals surface area contributed by atoms with Crippen LogP contribution in [-0.2, 0) is 11.2 Å². The number of carboxylic acid groups (broad SMARTS) is 1. The lowest BCUT2D eigenvalue weighted by Gasteiger charge is -2.29. The predicted molar refractivity (Wildman–Crippen MR) is 69.5 cm³/mol. The first-order valence-corrected chi connectivity index (χ1v) is 7.34. The summed E-state index contributed by atoms with van der Waals surface area (Å²) in [5.41, 5.74) is 0. The number of aryl methyl sites for hydroxylation is 1. The maximum atomic E-state index is 10.8. The second-order valence-corrected chi connectivity index (χ2v) is 5.96. The molecule has 2 N–H and O–H groups in total. The topological polar surface area (TPSA) is 70.4 Å². The molecule has 18 heavy (non-hydrogen) atoms. The SMILES string of the molecule is O=C(O)C1CCC(C(O)CCc2nccs2)CC1. The zero-order valence-corrected chi connectivity index (χ0v) is 11.1. The molecule has 0 saturated heterocycles. The van der Waals surface area contributed by atoms with Crippen molar-refractivity contribution in [1.29, 1.82) is 0 Å². The minimum absolute atomic E-state index is 0.201. The van der Waals surface area contributed by atoms with E-state index in [4.69, 9.17) is 5.11 Å². The van der Waals surface area contributed by atoms with Crippen molar-refractivity contribution in [1.82, 2.24) is 4.98 Å². The van der Waals surface area contributed by atoms with E-state index in [1.54, 1.807) is 17.5 Å². The van der Waals surface area contributed by atoms with Gasteiger partial charge in [0, 0.05) is 18.0 Å². The smallest absolute Gasteiger partial charge is 0.306 e. The fourth-order valence-electron chi connectivity index (χ4n) is 2.63. The lowest BCUT2D eigenvalue weighted by atomic mass is 9.78. The van der Waals surface area contributed by atoms with Crippen LogP contribution in [0.25, 0.3) is 0 Å². The molecule has 1 aliphatic carbocycles. The molecule has 0 spiro atoms. The average molecular weight is 269 g/mol. The maximum absolute atomic E-state index is 10.8. The number of thiazole rings is 1. The lowest BCUT2D eigenvalue weighted by Crippen LogP contribution is -2.28. The van der Waals surface area contributed by atoms with Crippen LogP contribution >= 0.6 is 11.3 Å². The number of carboxylic acids is 1. The quantitative estimate of drug-likeness (QED) is 0.860. The Kier molecular flexibility index (Phi) is 4.72. The Morgan fingerprint density at radius 3 is 2.72 bits per heavy atom. The second kappa shape index (κ2) is 6.29. The Morgan fingerprint density at radius 1 is 1.44 bits per heavy atom. The summed E-state index contributed by atoms with van der Waals surface area (Å²) in [6.07, 6.45) is 6.08. The monoisotopic (exact) mass is 269 g/mol. The number of aliphatic carboxylic acids is 1. The Balaban J connectivity index is 1.73. The number of carbonyl (C=O) groups is 1. The summed E-state index contributed by atoms with van der Waals surface area (Å²) in [7, 11) is 0. The molecule has 1 saturated carbocycles. The number of aliphatic hydroxyl groups excluding tert-OH is 1. The van der Waals surface area contributed by atoms with Crippen LogP contribution in [0, 0.1) is 11.8 Å². The highest BCUT2D eigenvalue weighted by molar-refractivity contribution is 7.09. The summed E-state index contributed by atoms with van der Waals surface area (Å²) in [5, 5.41) is 22.1. The van der Waals surface area contributed by atoms with Gasteiger partial charge in [-0.2, -0.15) is 0 Å². The molecule has 4 nitrogen and oxygen atoms in total. The Bertz CT molecular complexity index is 372. The van der Waals surface area contributed by atoms with Crippen LogP contribution in [-0.4, -0.2) is 27.3 Å². The number of nitrogens with zero attached hydrogens (tertiary/aromatic N) is 1. The first-order chi connectivity index (χ1) is 8.66. The molecule has 1 heterocycles. The van der Waals surface area contributed by atoms with Crippen molar-refractivity contribution >= 4 is 17.3 Å². The largest absolute Gasteiger partial charge is 0.481 e. The van der Waals surface area contributed by atoms with Crippen molar-refractivity contribution in [2.24, 2.45) is 11.8 Å². The average Bonchev–Trinajstić information content (AvgIpc) is 2.89. The Morgan fingerprint density at radius 2 is 2.17 bits per heavy atom. The minimum atomic E-state index is -0.689. The molecule has 100 valence electrons. The number of hydrogen-bond acceptors (Lipinski definition) is 4. The van der Waals surface area contributed by atoms with Gasteiger partial charge in [0.1, 0.15) is 0 Å². The molecule has 1 atom stereocenters. The molecule has 2 rings (SSSR count). The van der Waals surface area contributed by atoms with E-state index in [2.05, 4.69) is 4.98 Å². The standard InChI is InChI=1S/C13H19NO3S/c15-11(5-6-12-14-7-8-18-12)9-1-3-10(4-2-9)13(16)17/h7-11,15H,1-6H2,(H,16,17). The lowest BCUT2D eigenvalue weighted by molar-refractivity contribution is -0.143. The Labute approximate surface area is 111 Å². The van der Waals surface area contributed by atoms with Gasteiger partial charge in [-0.3, -0.25) is 4.79 Å². The first kappa shape index (κ1) is 13.5. The third kappa shape index (κ3) is 3.53. The first-order valence-electron chi connectivity index (χ1n) is 6.46. The highest BCUT2D eigenvalue weighted by Gasteiger charge is 2.29. The Hall–Kier alpha value is -0.940. The van der Waals surface area contributed by atoms with Gasteiger partial charge >= 0.3 is 5.97 Å². The molecule has 5 heteroatoms. The fraction of sp³-hybridized carbons (Fsp3) is 0.692. The van der Waals surface area contributed by atoms with Crippen LogP contribution in [0.1, 0.15) is 37.1 Å². The highest BCUT2D eigenvalue weighted by atomic mass is 32.1. The van der Waals surface area contributed by atoms with Crippen LogP contribution in [0.3, 0.4) is 0 Å². The van der Waals surface area contributed by atoms with Crippen molar-refractivity contribution in [3.63, 3.8) is 0 Å². The van der Waals surface area contributed by atoms with E-state index in [-0.39, 0.29) is 17.9 Å². The van der Waals surface area contributed by atoms with E-state index < -0.39 is 5.97 Å². The highest BCUT2D eigenvalue weighted by Crippen LogP contribution is 2.32. The van der Waals surface area contributed by atoms with Crippen molar-refractivity contribution < 1.29 is 15.0 Å². The van der Waals surface area contributed by atoms with Crippen molar-refractivity contribution in [3.05, 3.63) is 16.6 Å². The van der Waals surface area contributed by atoms with Crippen LogP contribution in [0.5, 0.6) is 0 Å². The zero-order valence-electron chi connectivity index (χ0n) is 10.3. The van der Waals surface area contributed by atoms with E-state index in [9.17, 15) is 9.90 Å². The summed E-state index contributed by atoms with van der Waals surface area (Å²) in [6.45, 7) is 0. The maximum Gasteiger partial charge on any atom is 0.306 e. The van der Waals surface area contributed by atoms with Gasteiger partial charge in [-0.05, 0) is 38.0 Å². The van der Waals surface area contributed by atoms with Crippen molar-refractivity contribution in [3.8, 4) is 0 Å². The molecule has 0 aliphatic heterocycles. The molecule has 0 aromatic carbocycles. The van der Waals surface area contributed by atoms with Gasteiger partial charge in [0.05, 0.1) is 17.0 Å².